The average molecular weight is 186 g/mol. The van der Waals surface area contributed by atoms with Gasteiger partial charge in [-0.2, -0.15) is 0 Å². The Kier molecular flexibility index (Phi) is 4.70. The van der Waals surface area contributed by atoms with Gasteiger partial charge in [-0.3, -0.25) is 0 Å². The Bertz CT molecular complexity index is 135. The Morgan fingerprint density at radius 1 is 1.54 bits per heavy atom. The van der Waals surface area contributed by atoms with Gasteiger partial charge < -0.3 is 15.7 Å². The zero-order valence-electron chi connectivity index (χ0n) is 8.71. The molecule has 0 aromatic rings. The maximum atomic E-state index is 9.95. The summed E-state index contributed by atoms with van der Waals surface area (Å²) in [5.74, 6) is 0. The molecule has 3 atom stereocenters. The predicted octanol–water partition coefficient (Wildman–Crippen LogP) is 0.487. The van der Waals surface area contributed by atoms with E-state index in [1.807, 2.05) is 6.92 Å². The second-order valence-electron chi connectivity index (χ2n) is 3.89. The van der Waals surface area contributed by atoms with Gasteiger partial charge in [-0.25, -0.2) is 0 Å². The van der Waals surface area contributed by atoms with Crippen molar-refractivity contribution in [3.8, 4) is 0 Å². The van der Waals surface area contributed by atoms with Crippen LogP contribution >= 0.6 is 0 Å². The lowest BCUT2D eigenvalue weighted by molar-refractivity contribution is 0.0819. The quantitative estimate of drug-likeness (QED) is 0.598. The molecule has 1 saturated heterocycles. The van der Waals surface area contributed by atoms with Gasteiger partial charge in [-0.15, -0.1) is 0 Å². The number of aliphatic hydroxyl groups excluding tert-OH is 1. The van der Waals surface area contributed by atoms with Crippen LogP contribution < -0.4 is 10.6 Å². The van der Waals surface area contributed by atoms with Crippen molar-refractivity contribution in [2.75, 3.05) is 13.1 Å². The Hall–Kier alpha value is -0.120. The fraction of sp³-hybridized carbons (Fsp3) is 1.00. The van der Waals surface area contributed by atoms with Gasteiger partial charge in [0.15, 0.2) is 0 Å². The number of hydrogen-bond acceptors (Lipinski definition) is 3. The van der Waals surface area contributed by atoms with Gasteiger partial charge in [0.1, 0.15) is 0 Å². The van der Waals surface area contributed by atoms with Crippen LogP contribution in [0.3, 0.4) is 0 Å². The third kappa shape index (κ3) is 3.25. The molecule has 0 amide bonds. The van der Waals surface area contributed by atoms with Gasteiger partial charge in [-0.05, 0) is 32.9 Å². The predicted molar refractivity (Wildman–Crippen MR) is 54.8 cm³/mol. The molecule has 0 saturated carbocycles. The first kappa shape index (κ1) is 11.0. The largest absolute Gasteiger partial charge is 0.390 e. The summed E-state index contributed by atoms with van der Waals surface area (Å²) < 4.78 is 0. The zero-order valence-corrected chi connectivity index (χ0v) is 8.71. The molecule has 1 heterocycles. The highest BCUT2D eigenvalue weighted by molar-refractivity contribution is 4.85. The van der Waals surface area contributed by atoms with Crippen molar-refractivity contribution in [2.24, 2.45) is 0 Å². The molecule has 3 nitrogen and oxygen atoms in total. The van der Waals surface area contributed by atoms with Gasteiger partial charge in [0.05, 0.1) is 6.10 Å². The Balaban J connectivity index is 2.31. The molecule has 3 heteroatoms. The number of rotatable bonds is 4. The second-order valence-corrected chi connectivity index (χ2v) is 3.89. The standard InChI is InChI=1S/C10H22N2O/c1-3-11-8(2)10(13)9-6-4-5-7-12-9/h8-13H,3-7H2,1-2H3. The summed E-state index contributed by atoms with van der Waals surface area (Å²) in [6, 6.07) is 0.489. The molecule has 3 unspecified atom stereocenters. The van der Waals surface area contributed by atoms with E-state index in [2.05, 4.69) is 17.6 Å². The van der Waals surface area contributed by atoms with Gasteiger partial charge in [0.2, 0.25) is 0 Å². The molecule has 1 fully saturated rings. The van der Waals surface area contributed by atoms with E-state index in [-0.39, 0.29) is 12.1 Å². The van der Waals surface area contributed by atoms with E-state index in [0.29, 0.717) is 6.04 Å². The minimum atomic E-state index is -0.250. The number of hydrogen-bond donors (Lipinski definition) is 3. The summed E-state index contributed by atoms with van der Waals surface area (Å²) in [7, 11) is 0. The van der Waals surface area contributed by atoms with Gasteiger partial charge in [-0.1, -0.05) is 13.3 Å². The number of nitrogens with one attached hydrogen (secondary N) is 2. The Labute approximate surface area is 80.9 Å². The highest BCUT2D eigenvalue weighted by Crippen LogP contribution is 2.12. The molecule has 3 N–H and O–H groups in total. The minimum absolute atomic E-state index is 0.195. The third-order valence-corrected chi connectivity index (χ3v) is 2.80. The van der Waals surface area contributed by atoms with Crippen molar-refractivity contribution >= 4 is 0 Å². The molecule has 0 bridgehead atoms. The lowest BCUT2D eigenvalue weighted by Crippen LogP contribution is -2.51. The molecule has 0 spiro atoms. The molecule has 0 aromatic carbocycles. The highest BCUT2D eigenvalue weighted by Gasteiger charge is 2.25. The van der Waals surface area contributed by atoms with Crippen LogP contribution in [0.2, 0.25) is 0 Å². The SMILES string of the molecule is CCNC(C)C(O)C1CCCCN1. The van der Waals surface area contributed by atoms with Crippen molar-refractivity contribution in [1.29, 1.82) is 0 Å². The second kappa shape index (κ2) is 5.58. The molecule has 0 aliphatic carbocycles. The topological polar surface area (TPSA) is 44.3 Å². The minimum Gasteiger partial charge on any atom is -0.390 e. The summed E-state index contributed by atoms with van der Waals surface area (Å²) in [6.45, 7) is 6.09. The van der Waals surface area contributed by atoms with Crippen LogP contribution in [-0.4, -0.2) is 36.4 Å². The van der Waals surface area contributed by atoms with Crippen LogP contribution in [0.5, 0.6) is 0 Å². The van der Waals surface area contributed by atoms with E-state index in [9.17, 15) is 5.11 Å². The maximum Gasteiger partial charge on any atom is 0.0843 e. The molecule has 0 radical (unpaired) electrons. The number of piperidine rings is 1. The molecule has 1 aliphatic rings. The Morgan fingerprint density at radius 3 is 2.85 bits per heavy atom. The molecular formula is C10H22N2O. The maximum absolute atomic E-state index is 9.95. The summed E-state index contributed by atoms with van der Waals surface area (Å²) in [6.07, 6.45) is 3.35. The molecule has 1 rings (SSSR count). The van der Waals surface area contributed by atoms with E-state index in [4.69, 9.17) is 0 Å². The van der Waals surface area contributed by atoms with Crippen LogP contribution in [0.1, 0.15) is 33.1 Å². The van der Waals surface area contributed by atoms with E-state index in [1.165, 1.54) is 12.8 Å². The normalized spacial score (nSPS) is 28.4. The monoisotopic (exact) mass is 186 g/mol. The van der Waals surface area contributed by atoms with Gasteiger partial charge in [0, 0.05) is 12.1 Å². The number of likely N-dealkylation sites (N-methyl/N-ethyl adjacent to an activating group) is 1. The molecule has 0 aromatic heterocycles. The van der Waals surface area contributed by atoms with Crippen LogP contribution in [0.25, 0.3) is 0 Å². The summed E-state index contributed by atoms with van der Waals surface area (Å²) in [5.41, 5.74) is 0. The van der Waals surface area contributed by atoms with E-state index >= 15 is 0 Å². The molecular weight excluding hydrogens is 164 g/mol. The zero-order chi connectivity index (χ0) is 9.68. The van der Waals surface area contributed by atoms with Crippen molar-refractivity contribution in [1.82, 2.24) is 10.6 Å². The molecule has 1 aliphatic heterocycles. The lowest BCUT2D eigenvalue weighted by Gasteiger charge is -2.31. The first-order valence-electron chi connectivity index (χ1n) is 5.40. The van der Waals surface area contributed by atoms with E-state index < -0.39 is 0 Å². The fourth-order valence-corrected chi connectivity index (χ4v) is 1.96. The van der Waals surface area contributed by atoms with Crippen LogP contribution in [-0.2, 0) is 0 Å². The van der Waals surface area contributed by atoms with E-state index in [0.717, 1.165) is 19.5 Å². The van der Waals surface area contributed by atoms with Crippen molar-refractivity contribution < 1.29 is 5.11 Å². The smallest absolute Gasteiger partial charge is 0.0843 e. The summed E-state index contributed by atoms with van der Waals surface area (Å²) in [5, 5.41) is 16.6. The number of aliphatic hydroxyl groups is 1. The van der Waals surface area contributed by atoms with Crippen molar-refractivity contribution in [3.63, 3.8) is 0 Å². The summed E-state index contributed by atoms with van der Waals surface area (Å²) in [4.78, 5) is 0. The van der Waals surface area contributed by atoms with Gasteiger partial charge >= 0.3 is 0 Å². The fourth-order valence-electron chi connectivity index (χ4n) is 1.96. The van der Waals surface area contributed by atoms with Crippen LogP contribution in [0, 0.1) is 0 Å². The van der Waals surface area contributed by atoms with Crippen molar-refractivity contribution in [2.45, 2.75) is 51.3 Å². The van der Waals surface area contributed by atoms with Crippen molar-refractivity contribution in [3.05, 3.63) is 0 Å². The average Bonchev–Trinajstić information content (AvgIpc) is 2.18. The van der Waals surface area contributed by atoms with Gasteiger partial charge in [0.25, 0.3) is 0 Å². The third-order valence-electron chi connectivity index (χ3n) is 2.80. The highest BCUT2D eigenvalue weighted by atomic mass is 16.3. The first-order chi connectivity index (χ1) is 6.25. The molecule has 78 valence electrons. The summed E-state index contributed by atoms with van der Waals surface area (Å²) >= 11 is 0. The van der Waals surface area contributed by atoms with E-state index in [1.54, 1.807) is 0 Å². The lowest BCUT2D eigenvalue weighted by atomic mass is 9.96. The first-order valence-corrected chi connectivity index (χ1v) is 5.40. The van der Waals surface area contributed by atoms with Crippen LogP contribution in [0.4, 0.5) is 0 Å². The molecule has 13 heavy (non-hydrogen) atoms. The van der Waals surface area contributed by atoms with Crippen LogP contribution in [0.15, 0.2) is 0 Å². The Morgan fingerprint density at radius 2 is 2.31 bits per heavy atom.